The highest BCUT2D eigenvalue weighted by atomic mass is 32.2. The van der Waals surface area contributed by atoms with E-state index >= 15 is 0 Å². The molecule has 0 spiro atoms. The fraction of sp³-hybridized carbons (Fsp3) is 0.923. The molecule has 6 nitrogen and oxygen atoms in total. The van der Waals surface area contributed by atoms with Gasteiger partial charge in [-0.15, -0.1) is 0 Å². The summed E-state index contributed by atoms with van der Waals surface area (Å²) in [5.74, 6) is 0.300. The Labute approximate surface area is 120 Å². The molecule has 0 radical (unpaired) electrons. The second-order valence-electron chi connectivity index (χ2n) is 5.74. The molecule has 1 N–H and O–H groups in total. The number of aliphatic hydroxyl groups is 1. The number of sulfone groups is 1. The van der Waals surface area contributed by atoms with E-state index in [-0.39, 0.29) is 29.6 Å². The van der Waals surface area contributed by atoms with E-state index < -0.39 is 9.84 Å². The number of rotatable bonds is 4. The van der Waals surface area contributed by atoms with Gasteiger partial charge in [0, 0.05) is 25.7 Å². The minimum atomic E-state index is -2.97. The third-order valence-corrected chi connectivity index (χ3v) is 5.98. The van der Waals surface area contributed by atoms with E-state index in [1.807, 2.05) is 11.8 Å². The normalized spacial score (nSPS) is 27.6. The van der Waals surface area contributed by atoms with Crippen LogP contribution in [-0.4, -0.2) is 79.1 Å². The molecule has 2 aliphatic heterocycles. The van der Waals surface area contributed by atoms with Crippen molar-refractivity contribution in [1.82, 2.24) is 9.80 Å². The molecule has 2 saturated heterocycles. The molecule has 1 unspecified atom stereocenters. The van der Waals surface area contributed by atoms with Crippen LogP contribution in [0.4, 0.5) is 0 Å². The molecular formula is C13H24N2O4S. The Morgan fingerprint density at radius 2 is 1.95 bits per heavy atom. The molecule has 0 aliphatic carbocycles. The van der Waals surface area contributed by atoms with Gasteiger partial charge in [0.1, 0.15) is 0 Å². The van der Waals surface area contributed by atoms with E-state index in [4.69, 9.17) is 0 Å². The Kier molecular flexibility index (Phi) is 5.04. The molecule has 0 aromatic heterocycles. The Morgan fingerprint density at radius 3 is 2.45 bits per heavy atom. The minimum absolute atomic E-state index is 0.00555. The van der Waals surface area contributed by atoms with Crippen LogP contribution < -0.4 is 0 Å². The van der Waals surface area contributed by atoms with Crippen molar-refractivity contribution < 1.29 is 18.3 Å². The summed E-state index contributed by atoms with van der Waals surface area (Å²) >= 11 is 0. The van der Waals surface area contributed by atoms with Crippen LogP contribution in [-0.2, 0) is 14.6 Å². The number of likely N-dealkylation sites (N-methyl/N-ethyl adjacent to an activating group) is 1. The van der Waals surface area contributed by atoms with Gasteiger partial charge in [0.15, 0.2) is 9.84 Å². The molecule has 2 fully saturated rings. The van der Waals surface area contributed by atoms with E-state index in [0.29, 0.717) is 32.4 Å². The zero-order chi connectivity index (χ0) is 14.8. The molecule has 7 heteroatoms. The topological polar surface area (TPSA) is 77.9 Å². The van der Waals surface area contributed by atoms with E-state index in [0.717, 1.165) is 13.1 Å². The Bertz CT molecular complexity index is 443. The maximum atomic E-state index is 12.3. The molecule has 1 atom stereocenters. The molecule has 2 heterocycles. The fourth-order valence-corrected chi connectivity index (χ4v) is 4.75. The molecule has 1 amide bonds. The fourth-order valence-electron chi connectivity index (χ4n) is 3.02. The van der Waals surface area contributed by atoms with E-state index in [1.165, 1.54) is 0 Å². The molecule has 116 valence electrons. The summed E-state index contributed by atoms with van der Waals surface area (Å²) in [7, 11) is -2.97. The van der Waals surface area contributed by atoms with Crippen molar-refractivity contribution in [2.45, 2.75) is 38.3 Å². The Morgan fingerprint density at radius 1 is 1.30 bits per heavy atom. The summed E-state index contributed by atoms with van der Waals surface area (Å²) in [4.78, 5) is 16.1. The highest BCUT2D eigenvalue weighted by Crippen LogP contribution is 2.18. The minimum Gasteiger partial charge on any atom is -0.393 e. The molecule has 2 aliphatic rings. The lowest BCUT2D eigenvalue weighted by Crippen LogP contribution is -2.48. The number of carbonyl (C=O) groups excluding carboxylic acids is 1. The van der Waals surface area contributed by atoms with Gasteiger partial charge in [-0.25, -0.2) is 8.42 Å². The summed E-state index contributed by atoms with van der Waals surface area (Å²) in [5.41, 5.74) is 0. The monoisotopic (exact) mass is 304 g/mol. The Balaban J connectivity index is 1.89. The van der Waals surface area contributed by atoms with Gasteiger partial charge in [-0.1, -0.05) is 0 Å². The van der Waals surface area contributed by atoms with Crippen molar-refractivity contribution in [3.05, 3.63) is 0 Å². The number of aliphatic hydroxyl groups excluding tert-OH is 1. The van der Waals surface area contributed by atoms with Gasteiger partial charge >= 0.3 is 0 Å². The lowest BCUT2D eigenvalue weighted by Gasteiger charge is -2.33. The predicted molar refractivity (Wildman–Crippen MR) is 76.1 cm³/mol. The zero-order valence-corrected chi connectivity index (χ0v) is 12.8. The number of likely N-dealkylation sites (tertiary alicyclic amines) is 1. The van der Waals surface area contributed by atoms with Crippen molar-refractivity contribution in [2.75, 3.05) is 37.7 Å². The summed E-state index contributed by atoms with van der Waals surface area (Å²) in [6, 6.07) is -0.159. The van der Waals surface area contributed by atoms with E-state index in [1.54, 1.807) is 4.90 Å². The molecule has 2 rings (SSSR count). The summed E-state index contributed by atoms with van der Waals surface area (Å²) in [5, 5.41) is 9.46. The first-order chi connectivity index (χ1) is 9.41. The van der Waals surface area contributed by atoms with Crippen LogP contribution in [0.2, 0.25) is 0 Å². The summed E-state index contributed by atoms with van der Waals surface area (Å²) in [6.45, 7) is 4.23. The molecule has 0 bridgehead atoms. The van der Waals surface area contributed by atoms with Gasteiger partial charge in [0.2, 0.25) is 5.91 Å². The third-order valence-electron chi connectivity index (χ3n) is 4.23. The van der Waals surface area contributed by atoms with Crippen molar-refractivity contribution in [3.8, 4) is 0 Å². The second-order valence-corrected chi connectivity index (χ2v) is 7.97. The highest BCUT2D eigenvalue weighted by molar-refractivity contribution is 7.91. The van der Waals surface area contributed by atoms with Crippen molar-refractivity contribution in [2.24, 2.45) is 0 Å². The third kappa shape index (κ3) is 3.93. The van der Waals surface area contributed by atoms with Crippen LogP contribution in [0.25, 0.3) is 0 Å². The standard InChI is InChI=1S/C13H24N2O4S/c1-2-15(11-5-8-20(18,19)10-11)13(17)9-14-6-3-12(16)4-7-14/h11-12,16H,2-10H2,1H3. The quantitative estimate of drug-likeness (QED) is 0.756. The van der Waals surface area contributed by atoms with E-state index in [9.17, 15) is 18.3 Å². The van der Waals surface area contributed by atoms with Gasteiger partial charge in [-0.3, -0.25) is 9.69 Å². The predicted octanol–water partition coefficient (Wildman–Crippen LogP) is -0.521. The summed E-state index contributed by atoms with van der Waals surface area (Å²) in [6.07, 6.45) is 1.72. The van der Waals surface area contributed by atoms with Crippen LogP contribution >= 0.6 is 0 Å². The smallest absolute Gasteiger partial charge is 0.237 e. The number of hydrogen-bond donors (Lipinski definition) is 1. The first-order valence-electron chi connectivity index (χ1n) is 7.31. The van der Waals surface area contributed by atoms with E-state index in [2.05, 4.69) is 0 Å². The lowest BCUT2D eigenvalue weighted by atomic mass is 10.1. The molecule has 0 aromatic rings. The summed E-state index contributed by atoms with van der Waals surface area (Å²) < 4.78 is 23.1. The lowest BCUT2D eigenvalue weighted by molar-refractivity contribution is -0.134. The number of hydrogen-bond acceptors (Lipinski definition) is 5. The molecular weight excluding hydrogens is 280 g/mol. The highest BCUT2D eigenvalue weighted by Gasteiger charge is 2.34. The number of carbonyl (C=O) groups is 1. The zero-order valence-electron chi connectivity index (χ0n) is 12.0. The van der Waals surface area contributed by atoms with Gasteiger partial charge in [-0.2, -0.15) is 0 Å². The first-order valence-corrected chi connectivity index (χ1v) is 9.13. The van der Waals surface area contributed by atoms with Gasteiger partial charge < -0.3 is 10.0 Å². The molecule has 20 heavy (non-hydrogen) atoms. The van der Waals surface area contributed by atoms with Gasteiger partial charge in [0.25, 0.3) is 0 Å². The van der Waals surface area contributed by atoms with Crippen LogP contribution in [0.5, 0.6) is 0 Å². The Hall–Kier alpha value is -0.660. The average molecular weight is 304 g/mol. The molecule has 0 saturated carbocycles. The van der Waals surface area contributed by atoms with Gasteiger partial charge in [0.05, 0.1) is 24.2 Å². The van der Waals surface area contributed by atoms with Crippen molar-refractivity contribution in [3.63, 3.8) is 0 Å². The number of amides is 1. The van der Waals surface area contributed by atoms with Crippen LogP contribution in [0.3, 0.4) is 0 Å². The van der Waals surface area contributed by atoms with Crippen molar-refractivity contribution in [1.29, 1.82) is 0 Å². The largest absolute Gasteiger partial charge is 0.393 e. The second kappa shape index (κ2) is 6.41. The SMILES string of the molecule is CCN(C(=O)CN1CCC(O)CC1)C1CCS(=O)(=O)C1. The number of nitrogens with zero attached hydrogens (tertiary/aromatic N) is 2. The molecule has 0 aromatic carbocycles. The van der Waals surface area contributed by atoms with Crippen LogP contribution in [0.15, 0.2) is 0 Å². The van der Waals surface area contributed by atoms with Crippen LogP contribution in [0.1, 0.15) is 26.2 Å². The van der Waals surface area contributed by atoms with Crippen molar-refractivity contribution >= 4 is 15.7 Å². The number of piperidine rings is 1. The van der Waals surface area contributed by atoms with Crippen LogP contribution in [0, 0.1) is 0 Å². The average Bonchev–Trinajstić information content (AvgIpc) is 2.73. The van der Waals surface area contributed by atoms with Gasteiger partial charge in [-0.05, 0) is 26.2 Å². The maximum absolute atomic E-state index is 12.3. The first kappa shape index (κ1) is 15.7. The maximum Gasteiger partial charge on any atom is 0.237 e.